The van der Waals surface area contributed by atoms with E-state index in [1.807, 2.05) is 13.1 Å². The number of aromatic nitrogens is 2. The van der Waals surface area contributed by atoms with Crippen LogP contribution in [0, 0.1) is 13.8 Å². The number of aromatic amines is 1. The van der Waals surface area contributed by atoms with Gasteiger partial charge in [0.15, 0.2) is 0 Å². The van der Waals surface area contributed by atoms with Crippen molar-refractivity contribution in [1.82, 2.24) is 15.5 Å². The van der Waals surface area contributed by atoms with Gasteiger partial charge in [0.1, 0.15) is 17.1 Å². The van der Waals surface area contributed by atoms with Crippen molar-refractivity contribution in [3.8, 4) is 0 Å². The van der Waals surface area contributed by atoms with E-state index in [2.05, 4.69) is 15.5 Å². The van der Waals surface area contributed by atoms with Gasteiger partial charge in [0.2, 0.25) is 0 Å². The summed E-state index contributed by atoms with van der Waals surface area (Å²) in [6, 6.07) is 1.73. The Hall–Kier alpha value is -2.08. The molecule has 2 aromatic rings. The van der Waals surface area contributed by atoms with Crippen LogP contribution >= 0.6 is 0 Å². The molecular formula is C15H21N3O3. The van der Waals surface area contributed by atoms with Crippen LogP contribution in [-0.4, -0.2) is 29.8 Å². The number of carbonyl (C=O) groups excluding carboxylic acids is 1. The average Bonchev–Trinajstić information content (AvgIpc) is 3.04. The monoisotopic (exact) mass is 291 g/mol. The lowest BCUT2D eigenvalue weighted by Gasteiger charge is -2.02. The van der Waals surface area contributed by atoms with E-state index < -0.39 is 0 Å². The Bertz CT molecular complexity index is 601. The first-order valence-electron chi connectivity index (χ1n) is 6.99. The maximum absolute atomic E-state index is 11.5. The average molecular weight is 291 g/mol. The van der Waals surface area contributed by atoms with Gasteiger partial charge >= 0.3 is 5.97 Å². The van der Waals surface area contributed by atoms with Gasteiger partial charge in [0.05, 0.1) is 19.9 Å². The lowest BCUT2D eigenvalue weighted by molar-refractivity contribution is 0.0599. The summed E-state index contributed by atoms with van der Waals surface area (Å²) in [7, 11) is 1.37. The van der Waals surface area contributed by atoms with Crippen LogP contribution in [0.2, 0.25) is 0 Å². The normalized spacial score (nSPS) is 10.8. The number of ether oxygens (including phenoxy) is 1. The molecule has 2 aromatic heterocycles. The Morgan fingerprint density at radius 3 is 2.95 bits per heavy atom. The highest BCUT2D eigenvalue weighted by Gasteiger charge is 2.14. The van der Waals surface area contributed by atoms with Crippen molar-refractivity contribution in [3.63, 3.8) is 0 Å². The smallest absolute Gasteiger partial charge is 0.341 e. The third-order valence-electron chi connectivity index (χ3n) is 3.41. The molecule has 0 saturated carbocycles. The van der Waals surface area contributed by atoms with E-state index in [4.69, 9.17) is 9.15 Å². The van der Waals surface area contributed by atoms with Crippen molar-refractivity contribution in [3.05, 3.63) is 40.6 Å². The minimum Gasteiger partial charge on any atom is -0.465 e. The Kier molecular flexibility index (Phi) is 5.16. The van der Waals surface area contributed by atoms with Gasteiger partial charge in [-0.2, -0.15) is 5.10 Å². The van der Waals surface area contributed by atoms with E-state index in [-0.39, 0.29) is 5.97 Å². The number of aryl methyl sites for hydroxylation is 3. The summed E-state index contributed by atoms with van der Waals surface area (Å²) in [5.41, 5.74) is 2.86. The molecule has 21 heavy (non-hydrogen) atoms. The standard InChI is InChI=1S/C15H21N3O3/c1-10-12(8-17-18-10)5-4-6-16-9-13-7-14(11(2)21-13)15(19)20-3/h7-8,16H,4-6,9H2,1-3H3,(H,17,18). The maximum Gasteiger partial charge on any atom is 0.341 e. The molecule has 0 spiro atoms. The van der Waals surface area contributed by atoms with Crippen LogP contribution in [0.25, 0.3) is 0 Å². The number of nitrogens with one attached hydrogen (secondary N) is 2. The number of H-pyrrole nitrogens is 1. The molecule has 2 heterocycles. The third-order valence-corrected chi connectivity index (χ3v) is 3.41. The number of carbonyl (C=O) groups is 1. The zero-order chi connectivity index (χ0) is 15.2. The van der Waals surface area contributed by atoms with E-state index in [0.29, 0.717) is 17.9 Å². The molecule has 0 fully saturated rings. The number of methoxy groups -OCH3 is 1. The molecule has 2 rings (SSSR count). The van der Waals surface area contributed by atoms with E-state index in [0.717, 1.165) is 30.8 Å². The molecule has 0 aliphatic carbocycles. The van der Waals surface area contributed by atoms with Crippen molar-refractivity contribution in [2.24, 2.45) is 0 Å². The largest absolute Gasteiger partial charge is 0.465 e. The Balaban J connectivity index is 1.74. The zero-order valence-corrected chi connectivity index (χ0v) is 12.7. The molecule has 0 atom stereocenters. The van der Waals surface area contributed by atoms with E-state index in [9.17, 15) is 4.79 Å². The molecule has 114 valence electrons. The highest BCUT2D eigenvalue weighted by molar-refractivity contribution is 5.90. The second kappa shape index (κ2) is 7.08. The number of rotatable bonds is 7. The summed E-state index contributed by atoms with van der Waals surface area (Å²) in [6.45, 7) is 5.26. The Labute approximate surface area is 123 Å². The van der Waals surface area contributed by atoms with Crippen LogP contribution in [-0.2, 0) is 17.7 Å². The summed E-state index contributed by atoms with van der Waals surface area (Å²) < 4.78 is 10.2. The minimum absolute atomic E-state index is 0.363. The number of hydrogen-bond donors (Lipinski definition) is 2. The summed E-state index contributed by atoms with van der Waals surface area (Å²) in [6.07, 6.45) is 3.87. The lowest BCUT2D eigenvalue weighted by atomic mass is 10.1. The van der Waals surface area contributed by atoms with Crippen LogP contribution in [0.15, 0.2) is 16.7 Å². The molecule has 0 aliphatic rings. The predicted octanol–water partition coefficient (Wildman–Crippen LogP) is 2.13. The Morgan fingerprint density at radius 2 is 2.29 bits per heavy atom. The van der Waals surface area contributed by atoms with E-state index in [1.165, 1.54) is 12.7 Å². The summed E-state index contributed by atoms with van der Waals surface area (Å²) in [5.74, 6) is 0.970. The molecule has 0 amide bonds. The molecule has 0 unspecified atom stereocenters. The molecule has 0 aromatic carbocycles. The quantitative estimate of drug-likeness (QED) is 0.603. The van der Waals surface area contributed by atoms with Gasteiger partial charge in [-0.15, -0.1) is 0 Å². The van der Waals surface area contributed by atoms with Crippen molar-refractivity contribution in [1.29, 1.82) is 0 Å². The molecule has 0 saturated heterocycles. The van der Waals surface area contributed by atoms with Gasteiger partial charge < -0.3 is 14.5 Å². The van der Waals surface area contributed by atoms with Crippen molar-refractivity contribution < 1.29 is 13.9 Å². The topological polar surface area (TPSA) is 80.1 Å². The van der Waals surface area contributed by atoms with Gasteiger partial charge in [-0.3, -0.25) is 5.10 Å². The van der Waals surface area contributed by atoms with Crippen LogP contribution in [0.3, 0.4) is 0 Å². The van der Waals surface area contributed by atoms with Gasteiger partial charge in [0, 0.05) is 5.69 Å². The molecule has 6 heteroatoms. The van der Waals surface area contributed by atoms with Crippen LogP contribution in [0.1, 0.15) is 39.6 Å². The Morgan fingerprint density at radius 1 is 1.48 bits per heavy atom. The molecule has 0 aliphatic heterocycles. The van der Waals surface area contributed by atoms with Gasteiger partial charge in [-0.05, 0) is 44.9 Å². The zero-order valence-electron chi connectivity index (χ0n) is 12.7. The van der Waals surface area contributed by atoms with E-state index in [1.54, 1.807) is 13.0 Å². The molecule has 0 bridgehead atoms. The van der Waals surface area contributed by atoms with Crippen molar-refractivity contribution in [2.45, 2.75) is 33.2 Å². The number of esters is 1. The fraction of sp³-hybridized carbons (Fsp3) is 0.467. The number of furan rings is 1. The second-order valence-corrected chi connectivity index (χ2v) is 4.97. The van der Waals surface area contributed by atoms with Gasteiger partial charge in [-0.25, -0.2) is 4.79 Å². The highest BCUT2D eigenvalue weighted by Crippen LogP contribution is 2.15. The predicted molar refractivity (Wildman–Crippen MR) is 78.1 cm³/mol. The van der Waals surface area contributed by atoms with E-state index >= 15 is 0 Å². The number of nitrogens with zero attached hydrogens (tertiary/aromatic N) is 1. The van der Waals surface area contributed by atoms with Crippen LogP contribution in [0.4, 0.5) is 0 Å². The van der Waals surface area contributed by atoms with Gasteiger partial charge in [-0.1, -0.05) is 0 Å². The molecule has 0 radical (unpaired) electrons. The van der Waals surface area contributed by atoms with Gasteiger partial charge in [0.25, 0.3) is 0 Å². The fourth-order valence-corrected chi connectivity index (χ4v) is 2.19. The first-order valence-corrected chi connectivity index (χ1v) is 6.99. The molecular weight excluding hydrogens is 270 g/mol. The van der Waals surface area contributed by atoms with Crippen LogP contribution < -0.4 is 5.32 Å². The minimum atomic E-state index is -0.363. The first kappa shape index (κ1) is 15.3. The van der Waals surface area contributed by atoms with Crippen LogP contribution in [0.5, 0.6) is 0 Å². The van der Waals surface area contributed by atoms with Crippen molar-refractivity contribution >= 4 is 5.97 Å². The first-order chi connectivity index (χ1) is 10.1. The SMILES string of the molecule is COC(=O)c1cc(CNCCCc2cn[nH]c2C)oc1C. The second-order valence-electron chi connectivity index (χ2n) is 4.97. The highest BCUT2D eigenvalue weighted by atomic mass is 16.5. The van der Waals surface area contributed by atoms with Crippen molar-refractivity contribution in [2.75, 3.05) is 13.7 Å². The lowest BCUT2D eigenvalue weighted by Crippen LogP contribution is -2.15. The summed E-state index contributed by atoms with van der Waals surface area (Å²) >= 11 is 0. The molecule has 2 N–H and O–H groups in total. The summed E-state index contributed by atoms with van der Waals surface area (Å²) in [5, 5.41) is 10.2. The molecule has 6 nitrogen and oxygen atoms in total. The number of hydrogen-bond acceptors (Lipinski definition) is 5. The third kappa shape index (κ3) is 3.95. The fourth-order valence-electron chi connectivity index (χ4n) is 2.19. The summed E-state index contributed by atoms with van der Waals surface area (Å²) in [4.78, 5) is 11.5. The maximum atomic E-state index is 11.5.